The third-order valence-corrected chi connectivity index (χ3v) is 4.91. The van der Waals surface area contributed by atoms with Gasteiger partial charge < -0.3 is 19.5 Å². The Labute approximate surface area is 159 Å². The number of nitrogens with zero attached hydrogens (tertiary/aromatic N) is 5. The molecular weight excluding hydrogens is 342 g/mol. The highest BCUT2D eigenvalue weighted by molar-refractivity contribution is 5.94. The Morgan fingerprint density at radius 3 is 2.33 bits per heavy atom. The lowest BCUT2D eigenvalue weighted by atomic mass is 10.0. The highest BCUT2D eigenvalue weighted by Gasteiger charge is 2.32. The van der Waals surface area contributed by atoms with Gasteiger partial charge in [0.1, 0.15) is 14.1 Å². The smallest absolute Gasteiger partial charge is 0.279 e. The van der Waals surface area contributed by atoms with Gasteiger partial charge >= 0.3 is 0 Å². The van der Waals surface area contributed by atoms with Crippen LogP contribution in [0.1, 0.15) is 18.1 Å². The van der Waals surface area contributed by atoms with E-state index >= 15 is 0 Å². The normalized spacial score (nSPS) is 13.4. The van der Waals surface area contributed by atoms with Crippen molar-refractivity contribution in [2.24, 2.45) is 7.05 Å². The molecule has 0 atom stereocenters. The highest BCUT2D eigenvalue weighted by Crippen LogP contribution is 2.47. The molecular formula is C20H25N5O2. The minimum Gasteiger partial charge on any atom is -0.846 e. The lowest BCUT2D eigenvalue weighted by molar-refractivity contribution is -0.458. The Kier molecular flexibility index (Phi) is 4.55. The molecule has 2 aromatic rings. The summed E-state index contributed by atoms with van der Waals surface area (Å²) in [5, 5.41) is 12.2. The molecule has 142 valence electrons. The summed E-state index contributed by atoms with van der Waals surface area (Å²) >= 11 is 0. The predicted molar refractivity (Wildman–Crippen MR) is 107 cm³/mol. The summed E-state index contributed by atoms with van der Waals surface area (Å²) in [5.74, 6) is 0.372. The molecule has 1 aromatic carbocycles. The van der Waals surface area contributed by atoms with Crippen molar-refractivity contribution in [3.05, 3.63) is 45.4 Å². The van der Waals surface area contributed by atoms with Crippen LogP contribution < -0.4 is 20.5 Å². The number of benzene rings is 1. The Bertz CT molecular complexity index is 1050. The Hall–Kier alpha value is -3.09. The summed E-state index contributed by atoms with van der Waals surface area (Å²) < 4.78 is 2.98. The molecule has 0 saturated heterocycles. The van der Waals surface area contributed by atoms with Crippen molar-refractivity contribution >= 4 is 29.1 Å². The molecule has 0 unspecified atom stereocenters. The lowest BCUT2D eigenvalue weighted by Gasteiger charge is -2.38. The van der Waals surface area contributed by atoms with Crippen molar-refractivity contribution in [3.63, 3.8) is 0 Å². The number of aromatic nitrogens is 2. The maximum absolute atomic E-state index is 13.0. The van der Waals surface area contributed by atoms with Crippen molar-refractivity contribution in [1.29, 1.82) is 0 Å². The molecule has 0 aliphatic carbocycles. The standard InChI is InChI=1S/C20H25N5O2/c1-12-10-15-16(11-13(12)2)25(14(3)8-9-22(4)5)17-18(23(15)6)21-20(27)24(7)19(17)26/h8-11H,1-7H3. The first-order valence-electron chi connectivity index (χ1n) is 8.74. The summed E-state index contributed by atoms with van der Waals surface area (Å²) in [6, 6.07) is 3.58. The maximum atomic E-state index is 13.0. The van der Waals surface area contributed by atoms with Crippen LogP contribution in [0.4, 0.5) is 22.9 Å². The average molecular weight is 367 g/mol. The zero-order valence-corrected chi connectivity index (χ0v) is 16.9. The molecule has 0 N–H and O–H groups in total. The second kappa shape index (κ2) is 6.57. The third kappa shape index (κ3) is 2.99. The van der Waals surface area contributed by atoms with Gasteiger partial charge in [-0.25, -0.2) is 9.56 Å². The molecule has 7 heteroatoms. The summed E-state index contributed by atoms with van der Waals surface area (Å²) in [6.07, 6.45) is 3.87. The van der Waals surface area contributed by atoms with E-state index in [2.05, 4.69) is 17.1 Å². The van der Waals surface area contributed by atoms with Crippen LogP contribution >= 0.6 is 0 Å². The van der Waals surface area contributed by atoms with Crippen LogP contribution in [-0.2, 0) is 7.05 Å². The van der Waals surface area contributed by atoms with Gasteiger partial charge in [0.15, 0.2) is 17.7 Å². The van der Waals surface area contributed by atoms with E-state index in [1.165, 1.54) is 7.05 Å². The molecule has 0 radical (unpaired) electrons. The van der Waals surface area contributed by atoms with Crippen LogP contribution in [0, 0.1) is 13.8 Å². The van der Waals surface area contributed by atoms with E-state index < -0.39 is 6.01 Å². The SMILES string of the molecule is C/C(=C\C=[N+](C)C)N1c2cc(C)c(C)cc2N(C)c2nc([O-])n(C)c(=O)c21. The molecule has 0 amide bonds. The Morgan fingerprint density at radius 1 is 1.15 bits per heavy atom. The van der Waals surface area contributed by atoms with Gasteiger partial charge in [-0.05, 0) is 44.0 Å². The number of hydrogen-bond donors (Lipinski definition) is 0. The molecule has 1 aliphatic rings. The second-order valence-electron chi connectivity index (χ2n) is 7.17. The van der Waals surface area contributed by atoms with E-state index in [9.17, 15) is 9.90 Å². The topological polar surface area (TPSA) is 67.4 Å². The summed E-state index contributed by atoms with van der Waals surface area (Å²) in [7, 11) is 7.17. The number of fused-ring (bicyclic) bond motifs is 2. The minimum atomic E-state index is -0.556. The lowest BCUT2D eigenvalue weighted by Crippen LogP contribution is -2.36. The first kappa shape index (κ1) is 18.7. The number of hydrogen-bond acceptors (Lipinski definition) is 5. The fourth-order valence-electron chi connectivity index (χ4n) is 3.16. The largest absolute Gasteiger partial charge is 0.846 e. The van der Waals surface area contributed by atoms with Gasteiger partial charge in [0.2, 0.25) is 0 Å². The molecule has 1 aromatic heterocycles. The molecule has 0 spiro atoms. The minimum absolute atomic E-state index is 0.363. The van der Waals surface area contributed by atoms with Crippen LogP contribution in [0.2, 0.25) is 0 Å². The number of rotatable bonds is 2. The van der Waals surface area contributed by atoms with Gasteiger partial charge in [-0.3, -0.25) is 4.79 Å². The first-order valence-corrected chi connectivity index (χ1v) is 8.74. The summed E-state index contributed by atoms with van der Waals surface area (Å²) in [5.41, 5.74) is 4.95. The van der Waals surface area contributed by atoms with E-state index in [1.54, 1.807) is 0 Å². The van der Waals surface area contributed by atoms with Crippen molar-refractivity contribution in [2.45, 2.75) is 20.8 Å². The Balaban J connectivity index is 2.39. The van der Waals surface area contributed by atoms with Crippen molar-refractivity contribution in [1.82, 2.24) is 9.55 Å². The second-order valence-corrected chi connectivity index (χ2v) is 7.17. The zero-order chi connectivity index (χ0) is 20.0. The number of allylic oxidation sites excluding steroid dienone is 2. The van der Waals surface area contributed by atoms with Crippen molar-refractivity contribution in [3.8, 4) is 6.01 Å². The highest BCUT2D eigenvalue weighted by atomic mass is 16.3. The molecule has 0 saturated carbocycles. The molecule has 0 bridgehead atoms. The van der Waals surface area contributed by atoms with E-state index in [0.29, 0.717) is 11.5 Å². The van der Waals surface area contributed by atoms with Gasteiger partial charge in [-0.2, -0.15) is 0 Å². The molecule has 0 fully saturated rings. The molecule has 1 aliphatic heterocycles. The fourth-order valence-corrected chi connectivity index (χ4v) is 3.16. The predicted octanol–water partition coefficient (Wildman–Crippen LogP) is 1.94. The van der Waals surface area contributed by atoms with E-state index in [-0.39, 0.29) is 5.56 Å². The van der Waals surface area contributed by atoms with Gasteiger partial charge in [0.05, 0.1) is 17.4 Å². The van der Waals surface area contributed by atoms with Crippen LogP contribution in [0.5, 0.6) is 6.01 Å². The van der Waals surface area contributed by atoms with Crippen LogP contribution in [-0.4, -0.2) is 41.5 Å². The van der Waals surface area contributed by atoms with Crippen LogP contribution in [0.15, 0.2) is 28.7 Å². The molecule has 27 heavy (non-hydrogen) atoms. The number of aryl methyl sites for hydroxylation is 2. The number of anilines is 4. The summed E-state index contributed by atoms with van der Waals surface area (Å²) in [6.45, 7) is 6.03. The molecule has 7 nitrogen and oxygen atoms in total. The molecule has 3 rings (SSSR count). The molecule has 2 heterocycles. The van der Waals surface area contributed by atoms with Crippen molar-refractivity contribution < 1.29 is 9.68 Å². The zero-order valence-electron chi connectivity index (χ0n) is 16.9. The maximum Gasteiger partial charge on any atom is 0.279 e. The van der Waals surface area contributed by atoms with Gasteiger partial charge in [0.25, 0.3) is 5.56 Å². The first-order chi connectivity index (χ1) is 12.6. The summed E-state index contributed by atoms with van der Waals surface area (Å²) in [4.78, 5) is 20.9. The van der Waals surface area contributed by atoms with Gasteiger partial charge in [0, 0.05) is 25.9 Å². The van der Waals surface area contributed by atoms with Gasteiger partial charge in [-0.1, -0.05) is 0 Å². The van der Waals surface area contributed by atoms with E-state index in [0.717, 1.165) is 32.8 Å². The fraction of sp³-hybridized carbons (Fsp3) is 0.350. The van der Waals surface area contributed by atoms with Gasteiger partial charge in [-0.15, -0.1) is 0 Å². The average Bonchev–Trinajstić information content (AvgIpc) is 2.61. The monoisotopic (exact) mass is 367 g/mol. The van der Waals surface area contributed by atoms with E-state index in [4.69, 9.17) is 0 Å². The third-order valence-electron chi connectivity index (χ3n) is 4.91. The van der Waals surface area contributed by atoms with E-state index in [1.807, 2.05) is 68.6 Å². The Morgan fingerprint density at radius 2 is 1.74 bits per heavy atom. The quantitative estimate of drug-likeness (QED) is 0.599. The van der Waals surface area contributed by atoms with Crippen LogP contribution in [0.3, 0.4) is 0 Å². The van der Waals surface area contributed by atoms with Crippen LogP contribution in [0.25, 0.3) is 0 Å². The van der Waals surface area contributed by atoms with Crippen molar-refractivity contribution in [2.75, 3.05) is 30.9 Å².